The van der Waals surface area contributed by atoms with Crippen molar-refractivity contribution in [1.29, 1.82) is 0 Å². The minimum atomic E-state index is -0.616. The lowest BCUT2D eigenvalue weighted by molar-refractivity contribution is -0.139. The summed E-state index contributed by atoms with van der Waals surface area (Å²) in [7, 11) is 0. The highest BCUT2D eigenvalue weighted by Gasteiger charge is 2.30. The summed E-state index contributed by atoms with van der Waals surface area (Å²) < 4.78 is 0. The minimum Gasteiger partial charge on any atom is -0.355 e. The monoisotopic (exact) mass is 528 g/mol. The predicted molar refractivity (Wildman–Crippen MR) is 147 cm³/mol. The summed E-state index contributed by atoms with van der Waals surface area (Å²) in [5, 5.41) is 3.93. The summed E-state index contributed by atoms with van der Waals surface area (Å²) in [4.78, 5) is 28.5. The zero-order valence-electron chi connectivity index (χ0n) is 20.0. The second-order valence-corrected chi connectivity index (χ2v) is 10.1. The molecule has 0 radical (unpaired) electrons. The van der Waals surface area contributed by atoms with Crippen molar-refractivity contribution < 1.29 is 9.59 Å². The van der Waals surface area contributed by atoms with Gasteiger partial charge in [0, 0.05) is 25.3 Å². The molecule has 1 N–H and O–H groups in total. The number of hydrogen-bond donors (Lipinski definition) is 1. The molecule has 0 spiro atoms. The fraction of sp³-hybridized carbons (Fsp3) is 0.286. The summed E-state index contributed by atoms with van der Waals surface area (Å²) in [6.07, 6.45) is 0.446. The number of aryl methyl sites for hydroxylation is 1. The van der Waals surface area contributed by atoms with Gasteiger partial charge in [-0.15, -0.1) is 11.8 Å². The lowest BCUT2D eigenvalue weighted by Gasteiger charge is -2.32. The quantitative estimate of drug-likeness (QED) is 0.317. The Morgan fingerprint density at radius 3 is 2.34 bits per heavy atom. The molecule has 0 heterocycles. The third-order valence-corrected chi connectivity index (χ3v) is 7.43. The van der Waals surface area contributed by atoms with Gasteiger partial charge in [0.1, 0.15) is 6.04 Å². The van der Waals surface area contributed by atoms with Gasteiger partial charge in [0.05, 0.1) is 15.8 Å². The molecule has 1 atom stereocenters. The van der Waals surface area contributed by atoms with E-state index in [9.17, 15) is 9.59 Å². The number of hydrogen-bond acceptors (Lipinski definition) is 3. The second-order valence-electron chi connectivity index (χ2n) is 8.29. The number of likely N-dealkylation sites (N-methyl/N-ethyl adjacent to an activating group) is 1. The van der Waals surface area contributed by atoms with Crippen LogP contribution >= 0.6 is 35.0 Å². The molecule has 3 rings (SSSR count). The van der Waals surface area contributed by atoms with E-state index >= 15 is 0 Å². The number of carbonyl (C=O) groups is 2. The third-order valence-electron chi connectivity index (χ3n) is 5.70. The van der Waals surface area contributed by atoms with Crippen LogP contribution in [-0.2, 0) is 28.3 Å². The molecule has 3 aromatic carbocycles. The van der Waals surface area contributed by atoms with Gasteiger partial charge in [-0.05, 0) is 48.2 Å². The van der Waals surface area contributed by atoms with Gasteiger partial charge in [-0.1, -0.05) is 83.9 Å². The van der Waals surface area contributed by atoms with Crippen LogP contribution in [0, 0.1) is 6.92 Å². The van der Waals surface area contributed by atoms with Crippen LogP contribution in [0.5, 0.6) is 0 Å². The minimum absolute atomic E-state index is 0.0782. The number of nitrogens with zero attached hydrogens (tertiary/aromatic N) is 1. The van der Waals surface area contributed by atoms with Crippen molar-refractivity contribution in [3.63, 3.8) is 0 Å². The molecule has 0 aromatic heterocycles. The second kappa shape index (κ2) is 13.6. The maximum atomic E-state index is 13.6. The number of benzene rings is 3. The van der Waals surface area contributed by atoms with E-state index in [0.717, 1.165) is 22.3 Å². The molecular weight excluding hydrogens is 499 g/mol. The van der Waals surface area contributed by atoms with Gasteiger partial charge in [0.25, 0.3) is 0 Å². The Labute approximate surface area is 222 Å². The zero-order chi connectivity index (χ0) is 25.2. The van der Waals surface area contributed by atoms with E-state index in [1.165, 1.54) is 11.8 Å². The highest BCUT2D eigenvalue weighted by Crippen LogP contribution is 2.25. The molecule has 0 aliphatic heterocycles. The first-order chi connectivity index (χ1) is 16.9. The summed E-state index contributed by atoms with van der Waals surface area (Å²) in [5.74, 6) is 0.639. The van der Waals surface area contributed by atoms with Crippen LogP contribution in [0.25, 0.3) is 0 Å². The molecule has 2 amide bonds. The van der Waals surface area contributed by atoms with E-state index in [-0.39, 0.29) is 17.6 Å². The summed E-state index contributed by atoms with van der Waals surface area (Å²) >= 11 is 13.6. The molecule has 7 heteroatoms. The molecule has 0 saturated carbocycles. The number of nitrogens with one attached hydrogen (secondary N) is 1. The molecule has 0 fully saturated rings. The predicted octanol–water partition coefficient (Wildman–Crippen LogP) is 6.31. The molecule has 0 aliphatic rings. The number of amides is 2. The number of carbonyl (C=O) groups excluding carboxylic acids is 2. The first-order valence-corrected chi connectivity index (χ1v) is 13.5. The Morgan fingerprint density at radius 2 is 1.66 bits per heavy atom. The fourth-order valence-corrected chi connectivity index (χ4v) is 4.96. The van der Waals surface area contributed by atoms with Crippen LogP contribution in [0.2, 0.25) is 10.0 Å². The van der Waals surface area contributed by atoms with Crippen molar-refractivity contribution in [2.45, 2.75) is 38.6 Å². The largest absolute Gasteiger partial charge is 0.355 e. The molecular formula is C28H30Cl2N2O2S. The van der Waals surface area contributed by atoms with E-state index in [2.05, 4.69) is 5.32 Å². The molecule has 0 saturated heterocycles. The van der Waals surface area contributed by atoms with E-state index in [1.54, 1.807) is 11.0 Å². The van der Waals surface area contributed by atoms with Gasteiger partial charge in [-0.25, -0.2) is 0 Å². The van der Waals surface area contributed by atoms with Crippen LogP contribution in [0.15, 0.2) is 72.8 Å². The number of halogens is 2. The smallest absolute Gasteiger partial charge is 0.243 e. The van der Waals surface area contributed by atoms with Gasteiger partial charge < -0.3 is 10.2 Å². The molecule has 3 aromatic rings. The average molecular weight is 530 g/mol. The van der Waals surface area contributed by atoms with Crippen LogP contribution < -0.4 is 5.32 Å². The standard InChI is InChI=1S/C28H30Cl2N2O2S/c1-3-31-28(34)26(16-21-10-5-4-6-11-21)32(17-23-12-8-7-9-20(23)2)27(33)19-35-18-22-13-14-24(29)25(30)15-22/h4-15,26H,3,16-19H2,1-2H3,(H,31,34)/t26-/m0/s1. The van der Waals surface area contributed by atoms with Gasteiger partial charge >= 0.3 is 0 Å². The topological polar surface area (TPSA) is 49.4 Å². The summed E-state index contributed by atoms with van der Waals surface area (Å²) in [6.45, 7) is 4.78. The van der Waals surface area contributed by atoms with Gasteiger partial charge in [0.2, 0.25) is 11.8 Å². The van der Waals surface area contributed by atoms with Crippen LogP contribution in [-0.4, -0.2) is 35.1 Å². The first-order valence-electron chi connectivity index (χ1n) is 11.6. The Bertz CT molecular complexity index is 1140. The molecule has 0 bridgehead atoms. The van der Waals surface area contributed by atoms with E-state index in [0.29, 0.717) is 35.3 Å². The first kappa shape index (κ1) is 27.1. The van der Waals surface area contributed by atoms with E-state index in [1.807, 2.05) is 80.6 Å². The lowest BCUT2D eigenvalue weighted by atomic mass is 10.0. The highest BCUT2D eigenvalue weighted by molar-refractivity contribution is 7.99. The van der Waals surface area contributed by atoms with Crippen LogP contribution in [0.4, 0.5) is 0 Å². The number of rotatable bonds is 11. The lowest BCUT2D eigenvalue weighted by Crippen LogP contribution is -2.51. The molecule has 4 nitrogen and oxygen atoms in total. The van der Waals surface area contributed by atoms with Gasteiger partial charge in [0.15, 0.2) is 0 Å². The van der Waals surface area contributed by atoms with Gasteiger partial charge in [-0.2, -0.15) is 0 Å². The highest BCUT2D eigenvalue weighted by atomic mass is 35.5. The Morgan fingerprint density at radius 1 is 0.943 bits per heavy atom. The SMILES string of the molecule is CCNC(=O)[C@H](Cc1ccccc1)N(Cc1ccccc1C)C(=O)CSCc1ccc(Cl)c(Cl)c1. The van der Waals surface area contributed by atoms with Gasteiger partial charge in [-0.3, -0.25) is 9.59 Å². The van der Waals surface area contributed by atoms with Crippen molar-refractivity contribution in [2.75, 3.05) is 12.3 Å². The fourth-order valence-electron chi connectivity index (χ4n) is 3.79. The van der Waals surface area contributed by atoms with E-state index < -0.39 is 6.04 Å². The number of thioether (sulfide) groups is 1. The van der Waals surface area contributed by atoms with Crippen molar-refractivity contribution in [2.24, 2.45) is 0 Å². The van der Waals surface area contributed by atoms with Crippen LogP contribution in [0.1, 0.15) is 29.2 Å². The molecule has 35 heavy (non-hydrogen) atoms. The van der Waals surface area contributed by atoms with Crippen molar-refractivity contribution in [3.05, 3.63) is 105 Å². The molecule has 0 unspecified atom stereocenters. The van der Waals surface area contributed by atoms with Crippen molar-refractivity contribution in [1.82, 2.24) is 10.2 Å². The third kappa shape index (κ3) is 8.03. The zero-order valence-corrected chi connectivity index (χ0v) is 22.3. The molecule has 184 valence electrons. The Balaban J connectivity index is 1.83. The Hall–Kier alpha value is -2.47. The molecule has 0 aliphatic carbocycles. The average Bonchev–Trinajstić information content (AvgIpc) is 2.85. The van der Waals surface area contributed by atoms with Crippen LogP contribution in [0.3, 0.4) is 0 Å². The maximum Gasteiger partial charge on any atom is 0.243 e. The normalized spacial score (nSPS) is 11.7. The van der Waals surface area contributed by atoms with Crippen molar-refractivity contribution in [3.8, 4) is 0 Å². The summed E-state index contributed by atoms with van der Waals surface area (Å²) in [6, 6.07) is 22.7. The Kier molecular flexibility index (Phi) is 10.5. The van der Waals surface area contributed by atoms with E-state index in [4.69, 9.17) is 23.2 Å². The summed E-state index contributed by atoms with van der Waals surface area (Å²) in [5.41, 5.74) is 4.11. The van der Waals surface area contributed by atoms with Crippen molar-refractivity contribution >= 4 is 46.8 Å². The maximum absolute atomic E-state index is 13.6.